The lowest BCUT2D eigenvalue weighted by molar-refractivity contribution is 0.960. The van der Waals surface area contributed by atoms with E-state index in [0.717, 1.165) is 18.5 Å². The van der Waals surface area contributed by atoms with E-state index in [0.29, 0.717) is 0 Å². The van der Waals surface area contributed by atoms with E-state index >= 15 is 0 Å². The molecule has 0 aliphatic heterocycles. The van der Waals surface area contributed by atoms with E-state index in [9.17, 15) is 0 Å². The molecule has 5 nitrogen and oxygen atoms in total. The first-order valence-electron chi connectivity index (χ1n) is 6.90. The minimum absolute atomic E-state index is 0.131. The van der Waals surface area contributed by atoms with Gasteiger partial charge >= 0.3 is 0 Å². The van der Waals surface area contributed by atoms with E-state index in [1.54, 1.807) is 6.07 Å². The fourth-order valence-electron chi connectivity index (χ4n) is 1.95. The number of nitrogens with zero attached hydrogens (tertiary/aromatic N) is 2. The van der Waals surface area contributed by atoms with Crippen molar-refractivity contribution in [2.24, 2.45) is 10.8 Å². The van der Waals surface area contributed by atoms with Crippen molar-refractivity contribution in [3.63, 3.8) is 0 Å². The molecule has 4 N–H and O–H groups in total. The smallest absolute Gasteiger partial charge is 0.201 e. The van der Waals surface area contributed by atoms with E-state index in [-0.39, 0.29) is 11.5 Å². The van der Waals surface area contributed by atoms with Crippen LogP contribution in [0.1, 0.15) is 11.1 Å². The lowest BCUT2D eigenvalue weighted by atomic mass is 10.0. The Hall–Kier alpha value is -3.13. The lowest BCUT2D eigenvalue weighted by Crippen LogP contribution is -2.21. The summed E-state index contributed by atoms with van der Waals surface area (Å²) in [5.41, 5.74) is 11.1. The van der Waals surface area contributed by atoms with E-state index < -0.39 is 0 Å². The normalized spacial score (nSPS) is 10.8. The summed E-state index contributed by atoms with van der Waals surface area (Å²) < 4.78 is 0. The van der Waals surface area contributed by atoms with Crippen molar-refractivity contribution >= 4 is 17.2 Å². The SMILES string of the molecule is N#C/C(=N\Nc1ccc(CCc2ccccc2)cc1)C(=N)N. The molecule has 0 spiro atoms. The van der Waals surface area contributed by atoms with Crippen LogP contribution in [0.3, 0.4) is 0 Å². The number of nitrogens with two attached hydrogens (primary N) is 1. The third-order valence-electron chi connectivity index (χ3n) is 3.16. The molecule has 0 aliphatic carbocycles. The molecule has 0 amide bonds. The van der Waals surface area contributed by atoms with Crippen LogP contribution < -0.4 is 11.2 Å². The third kappa shape index (κ3) is 4.46. The molecular weight excluding hydrogens is 274 g/mol. The number of hydrazone groups is 1. The molecule has 2 aromatic rings. The van der Waals surface area contributed by atoms with Crippen molar-refractivity contribution in [1.29, 1.82) is 10.7 Å². The molecule has 0 saturated heterocycles. The van der Waals surface area contributed by atoms with Gasteiger partial charge in [0.1, 0.15) is 6.07 Å². The topological polar surface area (TPSA) is 98.0 Å². The zero-order valence-corrected chi connectivity index (χ0v) is 12.1. The first kappa shape index (κ1) is 15.3. The Bertz CT molecular complexity index is 696. The summed E-state index contributed by atoms with van der Waals surface area (Å²) in [4.78, 5) is 0. The number of nitriles is 1. The van der Waals surface area contributed by atoms with Crippen LogP contribution in [0.15, 0.2) is 59.7 Å². The maximum absolute atomic E-state index is 8.76. The minimum Gasteiger partial charge on any atom is -0.382 e. The number of anilines is 1. The van der Waals surface area contributed by atoms with Crippen LogP contribution in [0.2, 0.25) is 0 Å². The van der Waals surface area contributed by atoms with E-state index in [4.69, 9.17) is 16.4 Å². The predicted molar refractivity (Wildman–Crippen MR) is 88.9 cm³/mol. The molecule has 5 heteroatoms. The van der Waals surface area contributed by atoms with E-state index in [1.165, 1.54) is 11.1 Å². The highest BCUT2D eigenvalue weighted by Gasteiger charge is 2.01. The Morgan fingerprint density at radius 3 is 2.18 bits per heavy atom. The maximum atomic E-state index is 8.76. The molecule has 0 heterocycles. The monoisotopic (exact) mass is 291 g/mol. The van der Waals surface area contributed by atoms with Crippen LogP contribution in [0.25, 0.3) is 0 Å². The van der Waals surface area contributed by atoms with E-state index in [1.807, 2.05) is 42.5 Å². The molecule has 0 fully saturated rings. The summed E-state index contributed by atoms with van der Waals surface area (Å²) in [6.45, 7) is 0. The molecule has 110 valence electrons. The van der Waals surface area contributed by atoms with Gasteiger partial charge < -0.3 is 5.73 Å². The largest absolute Gasteiger partial charge is 0.382 e. The predicted octanol–water partition coefficient (Wildman–Crippen LogP) is 2.70. The summed E-state index contributed by atoms with van der Waals surface area (Å²) >= 11 is 0. The van der Waals surface area contributed by atoms with Crippen molar-refractivity contribution in [1.82, 2.24) is 0 Å². The number of aryl methyl sites for hydroxylation is 2. The summed E-state index contributed by atoms with van der Waals surface area (Å²) in [6.07, 6.45) is 1.96. The highest BCUT2D eigenvalue weighted by Crippen LogP contribution is 2.12. The second-order valence-electron chi connectivity index (χ2n) is 4.78. The number of amidine groups is 1. The molecule has 0 radical (unpaired) electrons. The highest BCUT2D eigenvalue weighted by molar-refractivity contribution is 6.45. The summed E-state index contributed by atoms with van der Waals surface area (Å²) in [6, 6.07) is 19.9. The first-order valence-corrected chi connectivity index (χ1v) is 6.90. The van der Waals surface area contributed by atoms with Gasteiger partial charge in [0.25, 0.3) is 0 Å². The van der Waals surface area contributed by atoms with Crippen molar-refractivity contribution in [2.75, 3.05) is 5.43 Å². The second-order valence-corrected chi connectivity index (χ2v) is 4.78. The third-order valence-corrected chi connectivity index (χ3v) is 3.16. The number of rotatable bonds is 6. The molecule has 0 aliphatic rings. The Balaban J connectivity index is 1.93. The van der Waals surface area contributed by atoms with Crippen LogP contribution in [-0.2, 0) is 12.8 Å². The second kappa shape index (κ2) is 7.60. The van der Waals surface area contributed by atoms with Gasteiger partial charge in [0.15, 0.2) is 5.84 Å². The summed E-state index contributed by atoms with van der Waals surface area (Å²) in [7, 11) is 0. The average molecular weight is 291 g/mol. The maximum Gasteiger partial charge on any atom is 0.201 e. The van der Waals surface area contributed by atoms with Crippen LogP contribution >= 0.6 is 0 Å². The van der Waals surface area contributed by atoms with Crippen LogP contribution in [-0.4, -0.2) is 11.5 Å². The standard InChI is InChI=1S/C17H17N5/c18-12-16(17(19)20)22-21-15-10-8-14(9-11-15)7-6-13-4-2-1-3-5-13/h1-5,8-11,21H,6-7H2,(H3,19,20)/b22-16+. The fourth-order valence-corrected chi connectivity index (χ4v) is 1.95. The average Bonchev–Trinajstić information content (AvgIpc) is 2.55. The summed E-state index contributed by atoms with van der Waals surface area (Å²) in [5.74, 6) is -0.352. The Morgan fingerprint density at radius 1 is 1.05 bits per heavy atom. The lowest BCUT2D eigenvalue weighted by Gasteiger charge is -2.05. The van der Waals surface area contributed by atoms with Gasteiger partial charge in [0.05, 0.1) is 5.69 Å². The molecule has 0 atom stereocenters. The van der Waals surface area contributed by atoms with Crippen molar-refractivity contribution in [3.8, 4) is 6.07 Å². The van der Waals surface area contributed by atoms with Crippen LogP contribution in [0, 0.1) is 16.7 Å². The van der Waals surface area contributed by atoms with Crippen molar-refractivity contribution in [3.05, 3.63) is 65.7 Å². The molecule has 0 bridgehead atoms. The summed E-state index contributed by atoms with van der Waals surface area (Å²) in [5, 5.41) is 19.7. The Morgan fingerprint density at radius 2 is 1.64 bits per heavy atom. The highest BCUT2D eigenvalue weighted by atomic mass is 15.3. The van der Waals surface area contributed by atoms with Crippen LogP contribution in [0.5, 0.6) is 0 Å². The van der Waals surface area contributed by atoms with Gasteiger partial charge in [-0.15, -0.1) is 0 Å². The van der Waals surface area contributed by atoms with Gasteiger partial charge in [-0.25, -0.2) is 0 Å². The molecule has 2 rings (SSSR count). The zero-order chi connectivity index (χ0) is 15.8. The first-order chi connectivity index (χ1) is 10.7. The van der Waals surface area contributed by atoms with Gasteiger partial charge in [0, 0.05) is 0 Å². The number of hydrogen-bond acceptors (Lipinski definition) is 4. The van der Waals surface area contributed by atoms with Crippen molar-refractivity contribution in [2.45, 2.75) is 12.8 Å². The van der Waals surface area contributed by atoms with Crippen molar-refractivity contribution < 1.29 is 0 Å². The molecule has 22 heavy (non-hydrogen) atoms. The van der Waals surface area contributed by atoms with Crippen LogP contribution in [0.4, 0.5) is 5.69 Å². The van der Waals surface area contributed by atoms with E-state index in [2.05, 4.69) is 22.7 Å². The molecule has 0 saturated carbocycles. The fraction of sp³-hybridized carbons (Fsp3) is 0.118. The van der Waals surface area contributed by atoms with Gasteiger partial charge in [-0.2, -0.15) is 10.4 Å². The Labute approximate surface area is 129 Å². The Kier molecular flexibility index (Phi) is 5.27. The van der Waals surface area contributed by atoms with Gasteiger partial charge in [-0.05, 0) is 36.1 Å². The minimum atomic E-state index is -0.352. The van der Waals surface area contributed by atoms with Gasteiger partial charge in [0.2, 0.25) is 5.71 Å². The van der Waals surface area contributed by atoms with Gasteiger partial charge in [-0.1, -0.05) is 42.5 Å². The molecule has 0 unspecified atom stereocenters. The number of nitrogens with one attached hydrogen (secondary N) is 2. The van der Waals surface area contributed by atoms with Gasteiger partial charge in [-0.3, -0.25) is 10.8 Å². The molecule has 0 aromatic heterocycles. The quantitative estimate of drug-likeness (QED) is 0.433. The number of hydrogen-bond donors (Lipinski definition) is 3. The molecule has 2 aromatic carbocycles. The number of benzene rings is 2. The molecular formula is C17H17N5. The zero-order valence-electron chi connectivity index (χ0n) is 12.1.